The third kappa shape index (κ3) is 3.61. The Morgan fingerprint density at radius 3 is 2.75 bits per heavy atom. The first-order valence-electron chi connectivity index (χ1n) is 6.42. The van der Waals surface area contributed by atoms with Gasteiger partial charge < -0.3 is 0 Å². The minimum atomic E-state index is -1.47. The van der Waals surface area contributed by atoms with Crippen LogP contribution in [0.2, 0.25) is 19.6 Å². The standard InChI is InChI=1S/C15H16N4Si/c1-20(2,3)9-8-15-13(11-17-19-16)10-12-6-4-5-7-14(12)18-15/h4-7,10H,11H2,1-3H3. The molecule has 2 aromatic rings. The molecule has 5 heteroatoms. The van der Waals surface area contributed by atoms with Crippen molar-refractivity contribution in [2.45, 2.75) is 26.2 Å². The first kappa shape index (κ1) is 14.1. The lowest BCUT2D eigenvalue weighted by atomic mass is 10.1. The molecule has 0 amide bonds. The number of benzene rings is 1. The second-order valence-corrected chi connectivity index (χ2v) is 10.3. The van der Waals surface area contributed by atoms with Crippen LogP contribution in [0.3, 0.4) is 0 Å². The molecule has 0 atom stereocenters. The zero-order valence-corrected chi connectivity index (χ0v) is 12.9. The molecule has 2 rings (SSSR count). The molecule has 0 radical (unpaired) electrons. The summed E-state index contributed by atoms with van der Waals surface area (Å²) in [5.74, 6) is 3.17. The van der Waals surface area contributed by atoms with Crippen LogP contribution in [0.5, 0.6) is 0 Å². The molecule has 1 aromatic heterocycles. The number of azide groups is 1. The van der Waals surface area contributed by atoms with Crippen LogP contribution in [0, 0.1) is 11.5 Å². The third-order valence-electron chi connectivity index (χ3n) is 2.66. The summed E-state index contributed by atoms with van der Waals surface area (Å²) in [7, 11) is -1.47. The molecule has 1 heterocycles. The normalized spacial score (nSPS) is 10.6. The minimum absolute atomic E-state index is 0.282. The fourth-order valence-corrected chi connectivity index (χ4v) is 2.24. The Kier molecular flexibility index (Phi) is 4.09. The molecule has 0 fully saturated rings. The molecular formula is C15H16N4Si. The molecule has 0 spiro atoms. The van der Waals surface area contributed by atoms with Crippen molar-refractivity contribution in [2.75, 3.05) is 0 Å². The third-order valence-corrected chi connectivity index (χ3v) is 3.54. The molecule has 0 N–H and O–H groups in total. The Morgan fingerprint density at radius 1 is 1.30 bits per heavy atom. The lowest BCUT2D eigenvalue weighted by Gasteiger charge is -2.06. The average molecular weight is 280 g/mol. The Labute approximate surface area is 119 Å². The number of hydrogen-bond donors (Lipinski definition) is 0. The predicted molar refractivity (Wildman–Crippen MR) is 84.8 cm³/mol. The Morgan fingerprint density at radius 2 is 2.05 bits per heavy atom. The van der Waals surface area contributed by atoms with E-state index < -0.39 is 8.07 Å². The monoisotopic (exact) mass is 280 g/mol. The van der Waals surface area contributed by atoms with Gasteiger partial charge in [-0.2, -0.15) is 0 Å². The van der Waals surface area contributed by atoms with E-state index >= 15 is 0 Å². The van der Waals surface area contributed by atoms with E-state index in [1.807, 2.05) is 30.3 Å². The summed E-state index contributed by atoms with van der Waals surface area (Å²) in [5.41, 5.74) is 14.3. The first-order valence-corrected chi connectivity index (χ1v) is 9.92. The molecule has 100 valence electrons. The Balaban J connectivity index is 2.58. The second-order valence-electron chi connectivity index (χ2n) is 5.58. The maximum Gasteiger partial charge on any atom is 0.129 e. The first-order chi connectivity index (χ1) is 9.49. The molecule has 20 heavy (non-hydrogen) atoms. The fourth-order valence-electron chi connectivity index (χ4n) is 1.74. The van der Waals surface area contributed by atoms with Crippen LogP contribution in [0.25, 0.3) is 21.3 Å². The van der Waals surface area contributed by atoms with E-state index in [1.54, 1.807) is 0 Å². The molecule has 0 unspecified atom stereocenters. The number of pyridine rings is 1. The van der Waals surface area contributed by atoms with Gasteiger partial charge in [0.25, 0.3) is 0 Å². The van der Waals surface area contributed by atoms with E-state index in [4.69, 9.17) is 5.53 Å². The van der Waals surface area contributed by atoms with E-state index in [1.165, 1.54) is 0 Å². The number of para-hydroxylation sites is 1. The highest BCUT2D eigenvalue weighted by Crippen LogP contribution is 2.17. The highest BCUT2D eigenvalue weighted by molar-refractivity contribution is 6.83. The maximum atomic E-state index is 8.50. The Hall–Kier alpha value is -2.28. The summed E-state index contributed by atoms with van der Waals surface area (Å²) in [4.78, 5) is 7.42. The van der Waals surface area contributed by atoms with Crippen molar-refractivity contribution in [2.24, 2.45) is 5.11 Å². The smallest absolute Gasteiger partial charge is 0.129 e. The number of nitrogens with zero attached hydrogens (tertiary/aromatic N) is 4. The largest absolute Gasteiger partial charge is 0.239 e. The van der Waals surface area contributed by atoms with Crippen molar-refractivity contribution in [1.82, 2.24) is 4.98 Å². The summed E-state index contributed by atoms with van der Waals surface area (Å²) in [6, 6.07) is 9.89. The average Bonchev–Trinajstić information content (AvgIpc) is 2.41. The van der Waals surface area contributed by atoms with E-state index in [2.05, 4.69) is 46.1 Å². The van der Waals surface area contributed by atoms with Crippen molar-refractivity contribution in [3.8, 4) is 11.5 Å². The molecule has 1 aromatic carbocycles. The molecular weight excluding hydrogens is 264 g/mol. The van der Waals surface area contributed by atoms with Gasteiger partial charge in [-0.05, 0) is 23.2 Å². The van der Waals surface area contributed by atoms with Crippen LogP contribution < -0.4 is 0 Å². The van der Waals surface area contributed by atoms with Crippen molar-refractivity contribution < 1.29 is 0 Å². The van der Waals surface area contributed by atoms with E-state index in [9.17, 15) is 0 Å². The van der Waals surface area contributed by atoms with Crippen LogP contribution >= 0.6 is 0 Å². The quantitative estimate of drug-likeness (QED) is 0.266. The molecule has 0 bridgehead atoms. The van der Waals surface area contributed by atoms with Gasteiger partial charge in [0.15, 0.2) is 0 Å². The number of rotatable bonds is 2. The van der Waals surface area contributed by atoms with Gasteiger partial charge in [0.2, 0.25) is 0 Å². The topological polar surface area (TPSA) is 61.7 Å². The Bertz CT molecular complexity index is 744. The van der Waals surface area contributed by atoms with Gasteiger partial charge in [-0.3, -0.25) is 0 Å². The van der Waals surface area contributed by atoms with Crippen LogP contribution in [-0.2, 0) is 6.54 Å². The highest BCUT2D eigenvalue weighted by atomic mass is 28.3. The van der Waals surface area contributed by atoms with Crippen molar-refractivity contribution >= 4 is 19.0 Å². The summed E-state index contributed by atoms with van der Waals surface area (Å²) >= 11 is 0. The van der Waals surface area contributed by atoms with Crippen molar-refractivity contribution in [3.05, 3.63) is 52.0 Å². The van der Waals surface area contributed by atoms with Gasteiger partial charge in [0, 0.05) is 10.3 Å². The highest BCUT2D eigenvalue weighted by Gasteiger charge is 2.09. The van der Waals surface area contributed by atoms with E-state index in [-0.39, 0.29) is 6.54 Å². The van der Waals surface area contributed by atoms with Crippen LogP contribution in [0.15, 0.2) is 35.4 Å². The van der Waals surface area contributed by atoms with Gasteiger partial charge in [0.1, 0.15) is 13.8 Å². The van der Waals surface area contributed by atoms with Crippen molar-refractivity contribution in [1.29, 1.82) is 0 Å². The molecule has 4 nitrogen and oxygen atoms in total. The van der Waals surface area contributed by atoms with Gasteiger partial charge in [-0.1, -0.05) is 48.9 Å². The maximum absolute atomic E-state index is 8.50. The summed E-state index contributed by atoms with van der Waals surface area (Å²) < 4.78 is 0. The molecule has 0 aliphatic heterocycles. The van der Waals surface area contributed by atoms with E-state index in [0.29, 0.717) is 0 Å². The second kappa shape index (κ2) is 5.79. The molecule has 0 aliphatic carbocycles. The van der Waals surface area contributed by atoms with Crippen molar-refractivity contribution in [3.63, 3.8) is 0 Å². The predicted octanol–water partition coefficient (Wildman–Crippen LogP) is 4.27. The fraction of sp³-hybridized carbons (Fsp3) is 0.267. The zero-order valence-electron chi connectivity index (χ0n) is 11.9. The lowest BCUT2D eigenvalue weighted by molar-refractivity contribution is 1.03. The SMILES string of the molecule is C[Si](C)(C)C#Cc1nc2ccccc2cc1CN=[N+]=[N-]. The number of hydrogen-bond acceptors (Lipinski definition) is 2. The molecule has 0 saturated heterocycles. The lowest BCUT2D eigenvalue weighted by Crippen LogP contribution is -2.16. The molecule has 0 saturated carbocycles. The summed E-state index contributed by atoms with van der Waals surface area (Å²) in [6.07, 6.45) is 0. The van der Waals surface area contributed by atoms with Gasteiger partial charge in [-0.25, -0.2) is 4.98 Å². The van der Waals surface area contributed by atoms with Gasteiger partial charge in [0.05, 0.1) is 12.1 Å². The van der Waals surface area contributed by atoms with Crippen LogP contribution in [-0.4, -0.2) is 13.1 Å². The van der Waals surface area contributed by atoms with Crippen LogP contribution in [0.4, 0.5) is 0 Å². The summed E-state index contributed by atoms with van der Waals surface area (Å²) in [5, 5.41) is 4.67. The van der Waals surface area contributed by atoms with Gasteiger partial charge in [-0.15, -0.1) is 5.54 Å². The zero-order chi connectivity index (χ0) is 14.6. The minimum Gasteiger partial charge on any atom is -0.239 e. The van der Waals surface area contributed by atoms with Crippen LogP contribution in [0.1, 0.15) is 11.3 Å². The number of fused-ring (bicyclic) bond motifs is 1. The summed E-state index contributed by atoms with van der Waals surface area (Å²) in [6.45, 7) is 6.85. The van der Waals surface area contributed by atoms with Gasteiger partial charge >= 0.3 is 0 Å². The molecule has 0 aliphatic rings. The number of aromatic nitrogens is 1. The van der Waals surface area contributed by atoms with E-state index in [0.717, 1.165) is 22.2 Å².